The number of hydrogen-bond acceptors (Lipinski definition) is 5. The third-order valence-electron chi connectivity index (χ3n) is 5.84. The van der Waals surface area contributed by atoms with Gasteiger partial charge in [-0.05, 0) is 63.4 Å². The van der Waals surface area contributed by atoms with Crippen molar-refractivity contribution in [1.82, 2.24) is 20.2 Å². The van der Waals surface area contributed by atoms with Gasteiger partial charge in [-0.15, -0.1) is 0 Å². The number of ether oxygens (including phenoxy) is 1. The molecule has 0 radical (unpaired) electrons. The molecule has 1 amide bonds. The van der Waals surface area contributed by atoms with E-state index < -0.39 is 0 Å². The SMILES string of the molecule is Cc1ncc(C(=O)NCc2ccccc2)c([C@@H]2CCCN2Cc2ccc(OC(C)C)cc2)n1. The van der Waals surface area contributed by atoms with Crippen LogP contribution in [0.2, 0.25) is 0 Å². The highest BCUT2D eigenvalue weighted by Crippen LogP contribution is 2.34. The van der Waals surface area contributed by atoms with Gasteiger partial charge < -0.3 is 10.1 Å². The Hall–Kier alpha value is -3.25. The van der Waals surface area contributed by atoms with Crippen LogP contribution >= 0.6 is 0 Å². The van der Waals surface area contributed by atoms with E-state index in [0.717, 1.165) is 42.9 Å². The third kappa shape index (κ3) is 5.96. The lowest BCUT2D eigenvalue weighted by Crippen LogP contribution is -2.29. The number of rotatable bonds is 8. The van der Waals surface area contributed by atoms with Gasteiger partial charge in [0.1, 0.15) is 11.6 Å². The molecule has 2 aromatic carbocycles. The molecule has 6 heteroatoms. The van der Waals surface area contributed by atoms with E-state index in [1.165, 1.54) is 5.56 Å². The first-order valence-corrected chi connectivity index (χ1v) is 11.6. The van der Waals surface area contributed by atoms with Crippen LogP contribution in [0, 0.1) is 6.92 Å². The summed E-state index contributed by atoms with van der Waals surface area (Å²) in [6.07, 6.45) is 3.88. The van der Waals surface area contributed by atoms with Gasteiger partial charge in [-0.1, -0.05) is 42.5 Å². The van der Waals surface area contributed by atoms with E-state index in [-0.39, 0.29) is 18.1 Å². The quantitative estimate of drug-likeness (QED) is 0.539. The molecule has 0 unspecified atom stereocenters. The van der Waals surface area contributed by atoms with Crippen molar-refractivity contribution >= 4 is 5.91 Å². The second kappa shape index (κ2) is 10.6. The number of hydrogen-bond donors (Lipinski definition) is 1. The molecule has 33 heavy (non-hydrogen) atoms. The van der Waals surface area contributed by atoms with E-state index in [2.05, 4.69) is 27.3 Å². The van der Waals surface area contributed by atoms with Crippen molar-refractivity contribution in [2.24, 2.45) is 0 Å². The Labute approximate surface area is 196 Å². The predicted octanol–water partition coefficient (Wildman–Crippen LogP) is 4.84. The maximum absolute atomic E-state index is 13.1. The summed E-state index contributed by atoms with van der Waals surface area (Å²) in [4.78, 5) is 24.5. The van der Waals surface area contributed by atoms with E-state index in [1.54, 1.807) is 6.20 Å². The molecule has 1 aliphatic heterocycles. The van der Waals surface area contributed by atoms with Crippen LogP contribution in [0.15, 0.2) is 60.8 Å². The molecule has 0 spiro atoms. The van der Waals surface area contributed by atoms with Crippen molar-refractivity contribution in [3.8, 4) is 5.75 Å². The molecule has 1 saturated heterocycles. The van der Waals surface area contributed by atoms with E-state index in [4.69, 9.17) is 9.72 Å². The summed E-state index contributed by atoms with van der Waals surface area (Å²) in [5.41, 5.74) is 3.67. The number of nitrogens with one attached hydrogen (secondary N) is 1. The van der Waals surface area contributed by atoms with Crippen LogP contribution in [0.1, 0.15) is 65.7 Å². The average Bonchev–Trinajstić information content (AvgIpc) is 3.27. The number of aromatic nitrogens is 2. The molecule has 3 aromatic rings. The molecule has 0 bridgehead atoms. The van der Waals surface area contributed by atoms with Crippen molar-refractivity contribution in [1.29, 1.82) is 0 Å². The minimum Gasteiger partial charge on any atom is -0.491 e. The van der Waals surface area contributed by atoms with Crippen molar-refractivity contribution in [2.45, 2.75) is 58.8 Å². The van der Waals surface area contributed by atoms with E-state index in [9.17, 15) is 4.79 Å². The molecule has 1 aromatic heterocycles. The highest BCUT2D eigenvalue weighted by molar-refractivity contribution is 5.95. The third-order valence-corrected chi connectivity index (χ3v) is 5.84. The molecule has 1 N–H and O–H groups in total. The van der Waals surface area contributed by atoms with E-state index in [1.807, 2.05) is 63.2 Å². The summed E-state index contributed by atoms with van der Waals surface area (Å²) in [7, 11) is 0. The Morgan fingerprint density at radius 3 is 2.61 bits per heavy atom. The van der Waals surface area contributed by atoms with Gasteiger partial charge in [0.15, 0.2) is 0 Å². The minimum atomic E-state index is -0.129. The maximum Gasteiger partial charge on any atom is 0.255 e. The second-order valence-electron chi connectivity index (χ2n) is 8.82. The van der Waals surface area contributed by atoms with Crippen LogP contribution < -0.4 is 10.1 Å². The summed E-state index contributed by atoms with van der Waals surface area (Å²) >= 11 is 0. The zero-order chi connectivity index (χ0) is 23.2. The van der Waals surface area contributed by atoms with E-state index in [0.29, 0.717) is 17.9 Å². The Balaban J connectivity index is 1.50. The first-order valence-electron chi connectivity index (χ1n) is 11.6. The first kappa shape index (κ1) is 22.9. The van der Waals surface area contributed by atoms with Crippen molar-refractivity contribution in [3.05, 3.63) is 89.0 Å². The molecular weight excluding hydrogens is 412 g/mol. The van der Waals surface area contributed by atoms with Gasteiger partial charge in [0.2, 0.25) is 0 Å². The minimum absolute atomic E-state index is 0.0933. The number of aryl methyl sites for hydroxylation is 1. The van der Waals surface area contributed by atoms with Crippen LogP contribution in [0.4, 0.5) is 0 Å². The zero-order valence-electron chi connectivity index (χ0n) is 19.6. The summed E-state index contributed by atoms with van der Waals surface area (Å²) < 4.78 is 5.76. The number of benzene rings is 2. The molecule has 1 atom stereocenters. The first-order chi connectivity index (χ1) is 16.0. The van der Waals surface area contributed by atoms with Gasteiger partial charge in [0.05, 0.1) is 23.4 Å². The van der Waals surface area contributed by atoms with Crippen LogP contribution in [-0.2, 0) is 13.1 Å². The summed E-state index contributed by atoms with van der Waals surface area (Å²) in [5, 5.41) is 3.03. The lowest BCUT2D eigenvalue weighted by molar-refractivity contribution is 0.0946. The number of amides is 1. The summed E-state index contributed by atoms with van der Waals surface area (Å²) in [6, 6.07) is 18.3. The van der Waals surface area contributed by atoms with Gasteiger partial charge in [-0.3, -0.25) is 9.69 Å². The summed E-state index contributed by atoms with van der Waals surface area (Å²) in [5.74, 6) is 1.44. The molecule has 0 aliphatic carbocycles. The average molecular weight is 445 g/mol. The molecule has 6 nitrogen and oxygen atoms in total. The topological polar surface area (TPSA) is 67.4 Å². The maximum atomic E-state index is 13.1. The molecule has 1 aliphatic rings. The van der Waals surface area contributed by atoms with Crippen molar-refractivity contribution in [3.63, 3.8) is 0 Å². The fraction of sp³-hybridized carbons (Fsp3) is 0.370. The van der Waals surface area contributed by atoms with Crippen LogP contribution in [0.25, 0.3) is 0 Å². The van der Waals surface area contributed by atoms with Gasteiger partial charge in [-0.2, -0.15) is 0 Å². The Kier molecular flexibility index (Phi) is 7.35. The molecular formula is C27H32N4O2. The predicted molar refractivity (Wildman–Crippen MR) is 129 cm³/mol. The van der Waals surface area contributed by atoms with Crippen molar-refractivity contribution in [2.75, 3.05) is 6.54 Å². The number of nitrogens with zero attached hydrogens (tertiary/aromatic N) is 3. The van der Waals surface area contributed by atoms with Gasteiger partial charge in [-0.25, -0.2) is 9.97 Å². The van der Waals surface area contributed by atoms with Crippen LogP contribution in [0.3, 0.4) is 0 Å². The fourth-order valence-electron chi connectivity index (χ4n) is 4.30. The largest absolute Gasteiger partial charge is 0.491 e. The second-order valence-corrected chi connectivity index (χ2v) is 8.82. The standard InChI is InChI=1S/C27H32N4O2/c1-19(2)33-23-13-11-22(12-14-23)18-31-15-7-10-25(31)26-24(17-28-20(3)30-26)27(32)29-16-21-8-5-4-6-9-21/h4-6,8-9,11-14,17,19,25H,7,10,15-16,18H2,1-3H3,(H,29,32)/t25-/m0/s1. The lowest BCUT2D eigenvalue weighted by atomic mass is 10.0. The Bertz CT molecular complexity index is 1070. The molecule has 1 fully saturated rings. The molecule has 4 rings (SSSR count). The number of likely N-dealkylation sites (tertiary alicyclic amines) is 1. The number of carbonyl (C=O) groups is 1. The smallest absolute Gasteiger partial charge is 0.255 e. The molecule has 172 valence electrons. The van der Waals surface area contributed by atoms with E-state index >= 15 is 0 Å². The van der Waals surface area contributed by atoms with Crippen LogP contribution in [0.5, 0.6) is 5.75 Å². The number of carbonyl (C=O) groups excluding carboxylic acids is 1. The summed E-state index contributed by atoms with van der Waals surface area (Å²) in [6.45, 7) is 8.19. The normalized spacial score (nSPS) is 16.2. The molecule has 2 heterocycles. The Morgan fingerprint density at radius 2 is 1.88 bits per heavy atom. The fourth-order valence-corrected chi connectivity index (χ4v) is 4.30. The zero-order valence-corrected chi connectivity index (χ0v) is 19.6. The highest BCUT2D eigenvalue weighted by atomic mass is 16.5. The van der Waals surface area contributed by atoms with Gasteiger partial charge >= 0.3 is 0 Å². The Morgan fingerprint density at radius 1 is 1.12 bits per heavy atom. The molecule has 0 saturated carbocycles. The lowest BCUT2D eigenvalue weighted by Gasteiger charge is -2.26. The van der Waals surface area contributed by atoms with Gasteiger partial charge in [0.25, 0.3) is 5.91 Å². The highest BCUT2D eigenvalue weighted by Gasteiger charge is 2.31. The van der Waals surface area contributed by atoms with Gasteiger partial charge in [0, 0.05) is 19.3 Å². The monoisotopic (exact) mass is 444 g/mol. The van der Waals surface area contributed by atoms with Crippen molar-refractivity contribution < 1.29 is 9.53 Å². The van der Waals surface area contributed by atoms with Crippen LogP contribution in [-0.4, -0.2) is 33.4 Å².